The molecule has 0 aromatic heterocycles. The third-order valence-electron chi connectivity index (χ3n) is 2.02. The number of rotatable bonds is 4. The van der Waals surface area contributed by atoms with Crippen molar-refractivity contribution in [3.8, 4) is 0 Å². The highest BCUT2D eigenvalue weighted by molar-refractivity contribution is 5.47. The van der Waals surface area contributed by atoms with Gasteiger partial charge in [0, 0.05) is 12.2 Å². The normalized spacial score (nSPS) is 9.93. The average molecular weight is 193 g/mol. The lowest BCUT2D eigenvalue weighted by atomic mass is 10.1. The number of aryl methyl sites for hydroxylation is 1. The van der Waals surface area contributed by atoms with Crippen LogP contribution in [-0.2, 0) is 6.42 Å². The molecule has 1 N–H and O–H groups in total. The Morgan fingerprint density at radius 3 is 2.79 bits per heavy atom. The molecule has 0 bridgehead atoms. The summed E-state index contributed by atoms with van der Waals surface area (Å²) in [5, 5.41) is 3.18. The van der Waals surface area contributed by atoms with Crippen molar-refractivity contribution in [1.29, 1.82) is 0 Å². The predicted octanol–water partition coefficient (Wildman–Crippen LogP) is 3.38. The number of hydrogen-bond donors (Lipinski definition) is 1. The molecule has 0 spiro atoms. The SMILES string of the molecule is C=C(C)CNc1ccc(F)c(CC)c1. The van der Waals surface area contributed by atoms with E-state index >= 15 is 0 Å². The number of anilines is 1. The standard InChI is InChI=1S/C12H16FN/c1-4-10-7-11(5-6-12(10)13)14-8-9(2)3/h5-7,14H,2,4,8H2,1,3H3. The summed E-state index contributed by atoms with van der Waals surface area (Å²) >= 11 is 0. The van der Waals surface area contributed by atoms with Gasteiger partial charge in [-0.3, -0.25) is 0 Å². The first-order valence-corrected chi connectivity index (χ1v) is 4.80. The van der Waals surface area contributed by atoms with E-state index in [4.69, 9.17) is 0 Å². The predicted molar refractivity (Wildman–Crippen MR) is 59.1 cm³/mol. The highest BCUT2D eigenvalue weighted by atomic mass is 19.1. The van der Waals surface area contributed by atoms with Gasteiger partial charge in [0.15, 0.2) is 0 Å². The maximum Gasteiger partial charge on any atom is 0.126 e. The molecule has 0 fully saturated rings. The molecule has 0 radical (unpaired) electrons. The Labute approximate surface area is 84.6 Å². The van der Waals surface area contributed by atoms with Crippen LogP contribution >= 0.6 is 0 Å². The summed E-state index contributed by atoms with van der Waals surface area (Å²) in [6.45, 7) is 8.43. The monoisotopic (exact) mass is 193 g/mol. The Morgan fingerprint density at radius 1 is 1.50 bits per heavy atom. The van der Waals surface area contributed by atoms with Crippen molar-refractivity contribution in [2.24, 2.45) is 0 Å². The van der Waals surface area contributed by atoms with Crippen LogP contribution in [0.1, 0.15) is 19.4 Å². The summed E-state index contributed by atoms with van der Waals surface area (Å²) < 4.78 is 13.1. The van der Waals surface area contributed by atoms with Gasteiger partial charge in [-0.25, -0.2) is 4.39 Å². The van der Waals surface area contributed by atoms with E-state index in [2.05, 4.69) is 11.9 Å². The van der Waals surface area contributed by atoms with Crippen molar-refractivity contribution in [3.63, 3.8) is 0 Å². The molecule has 0 aliphatic carbocycles. The number of hydrogen-bond acceptors (Lipinski definition) is 1. The van der Waals surface area contributed by atoms with Crippen LogP contribution in [0.3, 0.4) is 0 Å². The highest BCUT2D eigenvalue weighted by Crippen LogP contribution is 2.15. The van der Waals surface area contributed by atoms with Gasteiger partial charge in [-0.1, -0.05) is 19.1 Å². The molecule has 0 amide bonds. The molecule has 1 rings (SSSR count). The lowest BCUT2D eigenvalue weighted by Gasteiger charge is -2.08. The first kappa shape index (κ1) is 10.8. The Kier molecular flexibility index (Phi) is 3.69. The third-order valence-corrected chi connectivity index (χ3v) is 2.02. The van der Waals surface area contributed by atoms with Gasteiger partial charge in [0.2, 0.25) is 0 Å². The van der Waals surface area contributed by atoms with Gasteiger partial charge >= 0.3 is 0 Å². The third kappa shape index (κ3) is 2.87. The minimum Gasteiger partial charge on any atom is -0.381 e. The van der Waals surface area contributed by atoms with Gasteiger partial charge in [-0.2, -0.15) is 0 Å². The molecular weight excluding hydrogens is 177 g/mol. The quantitative estimate of drug-likeness (QED) is 0.723. The van der Waals surface area contributed by atoms with Crippen LogP contribution < -0.4 is 5.32 Å². The van der Waals surface area contributed by atoms with Gasteiger partial charge in [0.05, 0.1) is 0 Å². The van der Waals surface area contributed by atoms with Crippen LogP contribution in [0.15, 0.2) is 30.4 Å². The molecule has 0 atom stereocenters. The average Bonchev–Trinajstić information content (AvgIpc) is 2.16. The Bertz CT molecular complexity index is 331. The van der Waals surface area contributed by atoms with Crippen LogP contribution in [0.2, 0.25) is 0 Å². The first-order valence-electron chi connectivity index (χ1n) is 4.80. The maximum atomic E-state index is 13.1. The molecule has 0 saturated heterocycles. The summed E-state index contributed by atoms with van der Waals surface area (Å²) in [5.41, 5.74) is 2.76. The van der Waals surface area contributed by atoms with Crippen LogP contribution in [0.5, 0.6) is 0 Å². The fraction of sp³-hybridized carbons (Fsp3) is 0.333. The fourth-order valence-corrected chi connectivity index (χ4v) is 1.21. The first-order chi connectivity index (χ1) is 6.63. The molecule has 1 aromatic carbocycles. The highest BCUT2D eigenvalue weighted by Gasteiger charge is 2.00. The molecule has 0 saturated carbocycles. The van der Waals surface area contributed by atoms with E-state index in [9.17, 15) is 4.39 Å². The summed E-state index contributed by atoms with van der Waals surface area (Å²) in [4.78, 5) is 0. The molecule has 0 aliphatic heterocycles. The van der Waals surface area contributed by atoms with E-state index in [1.807, 2.05) is 19.9 Å². The van der Waals surface area contributed by atoms with E-state index in [-0.39, 0.29) is 5.82 Å². The van der Waals surface area contributed by atoms with Crippen LogP contribution in [0, 0.1) is 5.82 Å². The van der Waals surface area contributed by atoms with E-state index in [0.29, 0.717) is 6.42 Å². The number of benzene rings is 1. The Morgan fingerprint density at radius 2 is 2.21 bits per heavy atom. The number of halogens is 1. The van der Waals surface area contributed by atoms with Crippen LogP contribution in [0.4, 0.5) is 10.1 Å². The maximum absolute atomic E-state index is 13.1. The van der Waals surface area contributed by atoms with Crippen molar-refractivity contribution >= 4 is 5.69 Å². The minimum atomic E-state index is -0.131. The van der Waals surface area contributed by atoms with E-state index in [0.717, 1.165) is 23.4 Å². The van der Waals surface area contributed by atoms with Crippen LogP contribution in [0.25, 0.3) is 0 Å². The second-order valence-corrected chi connectivity index (χ2v) is 3.47. The molecule has 2 heteroatoms. The summed E-state index contributed by atoms with van der Waals surface area (Å²) in [6.07, 6.45) is 0.717. The molecule has 14 heavy (non-hydrogen) atoms. The molecule has 0 unspecified atom stereocenters. The van der Waals surface area contributed by atoms with E-state index in [1.54, 1.807) is 6.07 Å². The van der Waals surface area contributed by atoms with E-state index < -0.39 is 0 Å². The van der Waals surface area contributed by atoms with Gasteiger partial charge in [-0.15, -0.1) is 0 Å². The molecule has 0 aliphatic rings. The molecule has 0 heterocycles. The molecule has 1 nitrogen and oxygen atoms in total. The van der Waals surface area contributed by atoms with Gasteiger partial charge < -0.3 is 5.32 Å². The summed E-state index contributed by atoms with van der Waals surface area (Å²) in [6, 6.07) is 5.09. The van der Waals surface area contributed by atoms with Gasteiger partial charge in [-0.05, 0) is 37.1 Å². The lowest BCUT2D eigenvalue weighted by Crippen LogP contribution is -2.02. The topological polar surface area (TPSA) is 12.0 Å². The zero-order chi connectivity index (χ0) is 10.6. The second kappa shape index (κ2) is 4.80. The number of nitrogens with one attached hydrogen (secondary N) is 1. The van der Waals surface area contributed by atoms with Gasteiger partial charge in [0.25, 0.3) is 0 Å². The van der Waals surface area contributed by atoms with E-state index in [1.165, 1.54) is 6.07 Å². The molecule has 76 valence electrons. The zero-order valence-electron chi connectivity index (χ0n) is 8.73. The summed E-state index contributed by atoms with van der Waals surface area (Å²) in [7, 11) is 0. The zero-order valence-corrected chi connectivity index (χ0v) is 8.73. The van der Waals surface area contributed by atoms with Crippen molar-refractivity contribution in [2.45, 2.75) is 20.3 Å². The minimum absolute atomic E-state index is 0.131. The molecule has 1 aromatic rings. The van der Waals surface area contributed by atoms with Gasteiger partial charge in [0.1, 0.15) is 5.82 Å². The van der Waals surface area contributed by atoms with Crippen LogP contribution in [-0.4, -0.2) is 6.54 Å². The Balaban J connectivity index is 2.74. The molecular formula is C12H16FN. The fourth-order valence-electron chi connectivity index (χ4n) is 1.21. The largest absolute Gasteiger partial charge is 0.381 e. The van der Waals surface area contributed by atoms with Crippen molar-refractivity contribution in [1.82, 2.24) is 0 Å². The van der Waals surface area contributed by atoms with Crippen molar-refractivity contribution in [3.05, 3.63) is 41.7 Å². The lowest BCUT2D eigenvalue weighted by molar-refractivity contribution is 0.612. The summed E-state index contributed by atoms with van der Waals surface area (Å²) in [5.74, 6) is -0.131. The van der Waals surface area contributed by atoms with Crippen molar-refractivity contribution in [2.75, 3.05) is 11.9 Å². The van der Waals surface area contributed by atoms with Crippen molar-refractivity contribution < 1.29 is 4.39 Å². The Hall–Kier alpha value is -1.31. The smallest absolute Gasteiger partial charge is 0.126 e. The second-order valence-electron chi connectivity index (χ2n) is 3.47.